The van der Waals surface area contributed by atoms with Gasteiger partial charge in [-0.15, -0.1) is 10.2 Å². The van der Waals surface area contributed by atoms with Gasteiger partial charge in [0, 0.05) is 42.5 Å². The first-order valence-corrected chi connectivity index (χ1v) is 12.1. The van der Waals surface area contributed by atoms with Gasteiger partial charge in [-0.05, 0) is 76.3 Å². The summed E-state index contributed by atoms with van der Waals surface area (Å²) in [6.45, 7) is 5.72. The van der Waals surface area contributed by atoms with Crippen LogP contribution >= 0.6 is 0 Å². The van der Waals surface area contributed by atoms with Crippen LogP contribution in [-0.4, -0.2) is 67.3 Å². The van der Waals surface area contributed by atoms with Gasteiger partial charge in [0.15, 0.2) is 5.82 Å². The first kappa shape index (κ1) is 23.1. The number of aromatic nitrogens is 4. The summed E-state index contributed by atoms with van der Waals surface area (Å²) in [6.07, 6.45) is 7.07. The fourth-order valence-electron chi connectivity index (χ4n) is 5.26. The van der Waals surface area contributed by atoms with Gasteiger partial charge >= 0.3 is 6.09 Å². The molecule has 2 fully saturated rings. The molecule has 184 valence electrons. The summed E-state index contributed by atoms with van der Waals surface area (Å²) in [7, 11) is 2.04. The Labute approximate surface area is 205 Å². The van der Waals surface area contributed by atoms with Gasteiger partial charge < -0.3 is 19.6 Å². The van der Waals surface area contributed by atoms with E-state index in [-0.39, 0.29) is 30.0 Å². The van der Waals surface area contributed by atoms with Crippen molar-refractivity contribution in [3.8, 4) is 28.1 Å². The minimum Gasteiger partial charge on any atom is -0.507 e. The first-order chi connectivity index (χ1) is 16.7. The molecule has 2 saturated heterocycles. The average molecular weight is 477 g/mol. The molecule has 2 bridgehead atoms. The molecule has 2 N–H and O–H groups in total. The molecule has 1 unspecified atom stereocenters. The highest BCUT2D eigenvalue weighted by Gasteiger charge is 2.45. The van der Waals surface area contributed by atoms with Crippen molar-refractivity contribution in [3.63, 3.8) is 0 Å². The number of carbonyl (C=O) groups is 1. The molecule has 3 aromatic rings. The number of nitrogens with zero attached hydrogens (tertiary/aromatic N) is 5. The van der Waals surface area contributed by atoms with Crippen molar-refractivity contribution in [2.24, 2.45) is 0 Å². The van der Waals surface area contributed by atoms with Crippen LogP contribution in [0.1, 0.15) is 46.5 Å². The van der Waals surface area contributed by atoms with E-state index >= 15 is 0 Å². The zero-order valence-corrected chi connectivity index (χ0v) is 20.6. The number of hydrogen-bond donors (Lipinski definition) is 2. The van der Waals surface area contributed by atoms with Crippen LogP contribution in [0.5, 0.6) is 5.75 Å². The van der Waals surface area contributed by atoms with Crippen molar-refractivity contribution in [2.75, 3.05) is 11.9 Å². The van der Waals surface area contributed by atoms with E-state index in [0.717, 1.165) is 42.6 Å². The Hall–Kier alpha value is -3.62. The number of phenolic OH excluding ortho intramolecular Hbond substituents is 1. The third-order valence-corrected chi connectivity index (χ3v) is 6.98. The van der Waals surface area contributed by atoms with Crippen molar-refractivity contribution in [3.05, 3.63) is 42.7 Å². The van der Waals surface area contributed by atoms with E-state index in [0.29, 0.717) is 11.3 Å². The number of fused-ring (bicyclic) bond motifs is 2. The van der Waals surface area contributed by atoms with Crippen LogP contribution in [0.2, 0.25) is 0 Å². The van der Waals surface area contributed by atoms with E-state index < -0.39 is 5.60 Å². The van der Waals surface area contributed by atoms with Crippen LogP contribution in [0.15, 0.2) is 42.7 Å². The van der Waals surface area contributed by atoms with E-state index in [2.05, 4.69) is 25.3 Å². The predicted molar refractivity (Wildman–Crippen MR) is 133 cm³/mol. The molecule has 0 spiro atoms. The molecule has 9 nitrogen and oxygen atoms in total. The molecule has 2 aliphatic heterocycles. The molecular weight excluding hydrogens is 444 g/mol. The lowest BCUT2D eigenvalue weighted by Gasteiger charge is -2.42. The molecule has 0 saturated carbocycles. The number of piperidine rings is 1. The van der Waals surface area contributed by atoms with E-state index in [9.17, 15) is 9.90 Å². The number of H-pyrrole nitrogens is 1. The van der Waals surface area contributed by atoms with Gasteiger partial charge in [0.1, 0.15) is 11.4 Å². The summed E-state index contributed by atoms with van der Waals surface area (Å²) in [5.74, 6) is 0.920. The lowest BCUT2D eigenvalue weighted by molar-refractivity contribution is 0.00597. The van der Waals surface area contributed by atoms with Gasteiger partial charge in [0.2, 0.25) is 0 Å². The Morgan fingerprint density at radius 3 is 2.43 bits per heavy atom. The molecule has 5 rings (SSSR count). The standard InChI is InChI=1S/C26H32N6O3/c1-26(2,3)35-25(34)32-18-6-7-19(32)13-20(12-18)31(4)24-10-9-22(29-30-24)21-8-5-16(11-23(21)33)17-14-27-28-15-17/h5,8-11,14-15,18-20,33H,6-7,12-13H2,1-4H3,(H,27,28)/t18-,19?,20-/m1/s1. The smallest absolute Gasteiger partial charge is 0.410 e. The second-order valence-corrected chi connectivity index (χ2v) is 10.5. The van der Waals surface area contributed by atoms with Crippen molar-refractivity contribution >= 4 is 11.9 Å². The highest BCUT2D eigenvalue weighted by atomic mass is 16.6. The van der Waals surface area contributed by atoms with Crippen LogP contribution in [0.4, 0.5) is 10.6 Å². The maximum absolute atomic E-state index is 12.8. The predicted octanol–water partition coefficient (Wildman–Crippen LogP) is 4.61. The maximum atomic E-state index is 12.8. The zero-order chi connectivity index (χ0) is 24.7. The van der Waals surface area contributed by atoms with E-state index in [1.54, 1.807) is 18.5 Å². The highest BCUT2D eigenvalue weighted by Crippen LogP contribution is 2.39. The van der Waals surface area contributed by atoms with E-state index in [1.807, 2.05) is 57.0 Å². The van der Waals surface area contributed by atoms with Crippen molar-refractivity contribution < 1.29 is 14.6 Å². The van der Waals surface area contributed by atoms with Crippen LogP contribution in [0.25, 0.3) is 22.4 Å². The first-order valence-electron chi connectivity index (χ1n) is 12.1. The van der Waals surface area contributed by atoms with Gasteiger partial charge in [-0.25, -0.2) is 4.79 Å². The minimum atomic E-state index is -0.491. The number of nitrogens with one attached hydrogen (secondary N) is 1. The SMILES string of the molecule is CN(c1ccc(-c2ccc(-c3cn[nH]c3)cc2O)nn1)[C@H]1CC2CC[C@H](C1)N2C(=O)OC(C)(C)C. The molecule has 2 aromatic heterocycles. The number of benzene rings is 1. The Morgan fingerprint density at radius 2 is 1.86 bits per heavy atom. The lowest BCUT2D eigenvalue weighted by Crippen LogP contribution is -2.53. The highest BCUT2D eigenvalue weighted by molar-refractivity contribution is 5.74. The lowest BCUT2D eigenvalue weighted by atomic mass is 9.96. The summed E-state index contributed by atoms with van der Waals surface area (Å²) in [5, 5.41) is 26.2. The molecule has 3 atom stereocenters. The van der Waals surface area contributed by atoms with Gasteiger partial charge in [-0.2, -0.15) is 5.10 Å². The Kier molecular flexibility index (Phi) is 5.86. The van der Waals surface area contributed by atoms with Gasteiger partial charge in [0.25, 0.3) is 0 Å². The van der Waals surface area contributed by atoms with E-state index in [4.69, 9.17) is 4.74 Å². The van der Waals surface area contributed by atoms with Crippen LogP contribution in [0.3, 0.4) is 0 Å². The number of ether oxygens (including phenoxy) is 1. The number of anilines is 1. The molecule has 1 amide bonds. The van der Waals surface area contributed by atoms with Gasteiger partial charge in [-0.3, -0.25) is 5.10 Å². The summed E-state index contributed by atoms with van der Waals surface area (Å²) >= 11 is 0. The fraction of sp³-hybridized carbons (Fsp3) is 0.462. The third kappa shape index (κ3) is 4.67. The summed E-state index contributed by atoms with van der Waals surface area (Å²) in [6, 6.07) is 9.95. The largest absolute Gasteiger partial charge is 0.507 e. The number of phenols is 1. The number of aromatic amines is 1. The Balaban J connectivity index is 1.27. The molecular formula is C26H32N6O3. The molecule has 9 heteroatoms. The second-order valence-electron chi connectivity index (χ2n) is 10.5. The third-order valence-electron chi connectivity index (χ3n) is 6.98. The van der Waals surface area contributed by atoms with Crippen molar-refractivity contribution in [2.45, 2.75) is 70.2 Å². The average Bonchev–Trinajstić information content (AvgIpc) is 3.44. The minimum absolute atomic E-state index is 0.144. The van der Waals surface area contributed by atoms with Crippen LogP contribution < -0.4 is 4.90 Å². The fourth-order valence-corrected chi connectivity index (χ4v) is 5.26. The number of rotatable bonds is 4. The number of carbonyl (C=O) groups excluding carboxylic acids is 1. The molecule has 1 aromatic carbocycles. The molecule has 2 aliphatic rings. The summed E-state index contributed by atoms with van der Waals surface area (Å²) in [4.78, 5) is 16.9. The van der Waals surface area contributed by atoms with Crippen molar-refractivity contribution in [1.82, 2.24) is 25.3 Å². The topological polar surface area (TPSA) is 107 Å². The Bertz CT molecular complexity index is 1170. The molecule has 0 aliphatic carbocycles. The molecule has 0 radical (unpaired) electrons. The normalized spacial score (nSPS) is 21.7. The quantitative estimate of drug-likeness (QED) is 0.566. The van der Waals surface area contributed by atoms with E-state index in [1.165, 1.54) is 0 Å². The number of hydrogen-bond acceptors (Lipinski definition) is 7. The number of aromatic hydroxyl groups is 1. The summed E-state index contributed by atoms with van der Waals surface area (Å²) < 4.78 is 5.66. The van der Waals surface area contributed by atoms with Crippen LogP contribution in [-0.2, 0) is 4.74 Å². The van der Waals surface area contributed by atoms with Gasteiger partial charge in [0.05, 0.1) is 11.9 Å². The van der Waals surface area contributed by atoms with Crippen LogP contribution in [0, 0.1) is 0 Å². The Morgan fingerprint density at radius 1 is 1.11 bits per heavy atom. The van der Waals surface area contributed by atoms with Gasteiger partial charge in [-0.1, -0.05) is 6.07 Å². The zero-order valence-electron chi connectivity index (χ0n) is 20.6. The number of amides is 1. The monoisotopic (exact) mass is 476 g/mol. The second kappa shape index (κ2) is 8.87. The molecule has 4 heterocycles. The summed E-state index contributed by atoms with van der Waals surface area (Å²) in [5.41, 5.74) is 2.52. The maximum Gasteiger partial charge on any atom is 0.410 e. The molecule has 35 heavy (non-hydrogen) atoms. The van der Waals surface area contributed by atoms with Crippen molar-refractivity contribution in [1.29, 1.82) is 0 Å².